The number of hydrogen-bond acceptors (Lipinski definition) is 3. The number of carboxylic acid groups (broad SMARTS) is 1. The van der Waals surface area contributed by atoms with Crippen molar-refractivity contribution in [3.63, 3.8) is 0 Å². The summed E-state index contributed by atoms with van der Waals surface area (Å²) in [5, 5.41) is 17.2. The van der Waals surface area contributed by atoms with E-state index in [1.54, 1.807) is 18.2 Å². The number of fused-ring (bicyclic) bond motifs is 1. The van der Waals surface area contributed by atoms with Crippen LogP contribution in [0.15, 0.2) is 47.1 Å². The molecule has 0 aliphatic carbocycles. The number of carbonyl (C=O) groups is 1. The Morgan fingerprint density at radius 3 is 2.84 bits per heavy atom. The first kappa shape index (κ1) is 11.9. The minimum Gasteiger partial charge on any atom is -0.478 e. The Morgan fingerprint density at radius 1 is 1.21 bits per heavy atom. The summed E-state index contributed by atoms with van der Waals surface area (Å²) in [6.07, 6.45) is 1.84. The summed E-state index contributed by atoms with van der Waals surface area (Å²) in [6.45, 7) is 0. The van der Waals surface area contributed by atoms with Crippen molar-refractivity contribution in [1.82, 2.24) is 14.6 Å². The highest BCUT2D eigenvalue weighted by atomic mass is 79.9. The fraction of sp³-hybridized carbons (Fsp3) is 0. The van der Waals surface area contributed by atoms with Crippen LogP contribution in [0, 0.1) is 0 Å². The van der Waals surface area contributed by atoms with Crippen molar-refractivity contribution in [3.05, 3.63) is 52.6 Å². The van der Waals surface area contributed by atoms with Gasteiger partial charge in [-0.25, -0.2) is 4.79 Å². The molecule has 3 aromatic rings. The van der Waals surface area contributed by atoms with Gasteiger partial charge < -0.3 is 5.11 Å². The molecule has 0 saturated carbocycles. The molecule has 5 nitrogen and oxygen atoms in total. The fourth-order valence-corrected chi connectivity index (χ4v) is 2.18. The summed E-state index contributed by atoms with van der Waals surface area (Å²) in [6, 6.07) is 10.4. The maximum atomic E-state index is 11.0. The highest BCUT2D eigenvalue weighted by molar-refractivity contribution is 9.10. The third-order valence-corrected chi connectivity index (χ3v) is 3.23. The molecule has 2 aromatic heterocycles. The van der Waals surface area contributed by atoms with E-state index in [4.69, 9.17) is 5.11 Å². The molecule has 94 valence electrons. The molecule has 19 heavy (non-hydrogen) atoms. The molecule has 0 aliphatic rings. The van der Waals surface area contributed by atoms with Crippen LogP contribution in [0.5, 0.6) is 0 Å². The predicted molar refractivity (Wildman–Crippen MR) is 73.1 cm³/mol. The molecule has 0 atom stereocenters. The van der Waals surface area contributed by atoms with Gasteiger partial charge in [-0.3, -0.25) is 4.40 Å². The minimum absolute atomic E-state index is 0.228. The third-order valence-electron chi connectivity index (χ3n) is 2.74. The second kappa shape index (κ2) is 4.47. The number of rotatable bonds is 2. The zero-order chi connectivity index (χ0) is 13.4. The maximum Gasteiger partial charge on any atom is 0.335 e. The Morgan fingerprint density at radius 2 is 2.05 bits per heavy atom. The minimum atomic E-state index is -0.960. The van der Waals surface area contributed by atoms with E-state index in [1.165, 1.54) is 0 Å². The number of benzene rings is 1. The fourth-order valence-electron chi connectivity index (χ4n) is 1.85. The van der Waals surface area contributed by atoms with E-state index < -0.39 is 5.97 Å². The normalized spacial score (nSPS) is 10.8. The van der Waals surface area contributed by atoms with E-state index in [9.17, 15) is 4.79 Å². The zero-order valence-electron chi connectivity index (χ0n) is 9.62. The number of nitrogens with zero attached hydrogens (tertiary/aromatic N) is 3. The lowest BCUT2D eigenvalue weighted by atomic mass is 10.1. The lowest BCUT2D eigenvalue weighted by Gasteiger charge is -2.01. The van der Waals surface area contributed by atoms with Gasteiger partial charge in [-0.1, -0.05) is 28.1 Å². The first-order valence-electron chi connectivity index (χ1n) is 5.49. The molecule has 0 spiro atoms. The molecule has 1 aromatic carbocycles. The van der Waals surface area contributed by atoms with E-state index >= 15 is 0 Å². The lowest BCUT2D eigenvalue weighted by molar-refractivity contribution is 0.0697. The van der Waals surface area contributed by atoms with Crippen LogP contribution in [-0.4, -0.2) is 25.7 Å². The standard InChI is InChI=1S/C13H8BrN3O2/c14-10-4-5-17-11(7-10)15-16-12(17)8-2-1-3-9(6-8)13(18)19/h1-7H,(H,18,19). The smallest absolute Gasteiger partial charge is 0.335 e. The maximum absolute atomic E-state index is 11.0. The van der Waals surface area contributed by atoms with Crippen LogP contribution in [0.1, 0.15) is 10.4 Å². The highest BCUT2D eigenvalue weighted by Gasteiger charge is 2.10. The monoisotopic (exact) mass is 317 g/mol. The van der Waals surface area contributed by atoms with Gasteiger partial charge in [-0.15, -0.1) is 10.2 Å². The SMILES string of the molecule is O=C(O)c1cccc(-c2nnc3cc(Br)ccn23)c1. The molecule has 0 aliphatic heterocycles. The molecular weight excluding hydrogens is 310 g/mol. The number of aromatic nitrogens is 3. The molecule has 0 radical (unpaired) electrons. The lowest BCUT2D eigenvalue weighted by Crippen LogP contribution is -1.97. The van der Waals surface area contributed by atoms with Crippen molar-refractivity contribution in [2.45, 2.75) is 0 Å². The van der Waals surface area contributed by atoms with Crippen LogP contribution < -0.4 is 0 Å². The van der Waals surface area contributed by atoms with Crippen LogP contribution in [0.25, 0.3) is 17.0 Å². The van der Waals surface area contributed by atoms with Crippen molar-refractivity contribution in [2.75, 3.05) is 0 Å². The van der Waals surface area contributed by atoms with Gasteiger partial charge in [-0.05, 0) is 24.3 Å². The molecule has 0 bridgehead atoms. The van der Waals surface area contributed by atoms with Crippen molar-refractivity contribution < 1.29 is 9.90 Å². The quantitative estimate of drug-likeness (QED) is 0.789. The molecule has 0 saturated heterocycles. The van der Waals surface area contributed by atoms with Gasteiger partial charge in [-0.2, -0.15) is 0 Å². The van der Waals surface area contributed by atoms with Crippen LogP contribution in [0.4, 0.5) is 0 Å². The molecule has 0 unspecified atom stereocenters. The number of halogens is 1. The van der Waals surface area contributed by atoms with Gasteiger partial charge in [0.25, 0.3) is 0 Å². The molecular formula is C13H8BrN3O2. The number of carboxylic acids is 1. The Bertz CT molecular complexity index is 782. The van der Waals surface area contributed by atoms with Gasteiger partial charge in [0.15, 0.2) is 11.5 Å². The van der Waals surface area contributed by atoms with Gasteiger partial charge in [0.2, 0.25) is 0 Å². The zero-order valence-corrected chi connectivity index (χ0v) is 11.2. The van der Waals surface area contributed by atoms with E-state index in [0.29, 0.717) is 11.5 Å². The molecule has 0 fully saturated rings. The molecule has 6 heteroatoms. The predicted octanol–water partition coefficient (Wildman–Crippen LogP) is 2.86. The average Bonchev–Trinajstić information content (AvgIpc) is 2.81. The van der Waals surface area contributed by atoms with Crippen LogP contribution >= 0.6 is 15.9 Å². The summed E-state index contributed by atoms with van der Waals surface area (Å²) in [5.74, 6) is -0.344. The van der Waals surface area contributed by atoms with E-state index in [2.05, 4.69) is 26.1 Å². The Balaban J connectivity index is 2.19. The van der Waals surface area contributed by atoms with Gasteiger partial charge in [0.05, 0.1) is 5.56 Å². The van der Waals surface area contributed by atoms with Crippen LogP contribution in [-0.2, 0) is 0 Å². The Hall–Kier alpha value is -2.21. The van der Waals surface area contributed by atoms with Crippen LogP contribution in [0.2, 0.25) is 0 Å². The first-order chi connectivity index (χ1) is 9.15. The van der Waals surface area contributed by atoms with Crippen molar-refractivity contribution in [2.24, 2.45) is 0 Å². The molecule has 3 rings (SSSR count). The Kier molecular flexibility index (Phi) is 2.79. The largest absolute Gasteiger partial charge is 0.478 e. The van der Waals surface area contributed by atoms with Gasteiger partial charge >= 0.3 is 5.97 Å². The average molecular weight is 318 g/mol. The highest BCUT2D eigenvalue weighted by Crippen LogP contribution is 2.21. The second-order valence-corrected chi connectivity index (χ2v) is 4.90. The van der Waals surface area contributed by atoms with E-state index in [1.807, 2.05) is 28.8 Å². The van der Waals surface area contributed by atoms with Crippen molar-refractivity contribution >= 4 is 27.5 Å². The van der Waals surface area contributed by atoms with E-state index in [-0.39, 0.29) is 5.56 Å². The van der Waals surface area contributed by atoms with E-state index in [0.717, 1.165) is 10.0 Å². The number of aromatic carboxylic acids is 1. The third kappa shape index (κ3) is 2.10. The molecule has 0 amide bonds. The Labute approximate surface area is 116 Å². The second-order valence-electron chi connectivity index (χ2n) is 3.98. The summed E-state index contributed by atoms with van der Waals surface area (Å²) < 4.78 is 2.73. The molecule has 2 heterocycles. The van der Waals surface area contributed by atoms with Gasteiger partial charge in [0, 0.05) is 16.2 Å². The topological polar surface area (TPSA) is 67.5 Å². The number of pyridine rings is 1. The summed E-state index contributed by atoms with van der Waals surface area (Å²) in [7, 11) is 0. The van der Waals surface area contributed by atoms with Gasteiger partial charge in [0.1, 0.15) is 0 Å². The van der Waals surface area contributed by atoms with Crippen molar-refractivity contribution in [3.8, 4) is 11.4 Å². The van der Waals surface area contributed by atoms with Crippen molar-refractivity contribution in [1.29, 1.82) is 0 Å². The first-order valence-corrected chi connectivity index (χ1v) is 6.28. The summed E-state index contributed by atoms with van der Waals surface area (Å²) >= 11 is 3.37. The summed E-state index contributed by atoms with van der Waals surface area (Å²) in [5.41, 5.74) is 1.64. The summed E-state index contributed by atoms with van der Waals surface area (Å²) in [4.78, 5) is 11.0. The van der Waals surface area contributed by atoms with Crippen LogP contribution in [0.3, 0.4) is 0 Å². The molecule has 1 N–H and O–H groups in total. The number of hydrogen-bond donors (Lipinski definition) is 1.